The summed E-state index contributed by atoms with van der Waals surface area (Å²) in [4.78, 5) is 8.85. The Bertz CT molecular complexity index is 426. The Morgan fingerprint density at radius 1 is 1.21 bits per heavy atom. The van der Waals surface area contributed by atoms with Crippen LogP contribution < -0.4 is 5.32 Å². The molecule has 3 nitrogen and oxygen atoms in total. The number of nitrogens with one attached hydrogen (secondary N) is 1. The summed E-state index contributed by atoms with van der Waals surface area (Å²) in [5, 5.41) is 3.10. The van der Waals surface area contributed by atoms with Crippen molar-refractivity contribution in [2.45, 2.75) is 6.42 Å². The molecule has 3 heteroatoms. The van der Waals surface area contributed by atoms with Gasteiger partial charge in [-0.3, -0.25) is 4.98 Å². The maximum atomic E-state index is 4.51. The van der Waals surface area contributed by atoms with E-state index in [1.165, 1.54) is 0 Å². The monoisotopic (exact) mass is 187 g/mol. The first-order chi connectivity index (χ1) is 6.90. The van der Waals surface area contributed by atoms with Crippen molar-refractivity contribution in [3.8, 4) is 0 Å². The topological polar surface area (TPSA) is 37.8 Å². The van der Waals surface area contributed by atoms with Gasteiger partial charge in [0.15, 0.2) is 0 Å². The molecule has 0 fully saturated rings. The average Bonchev–Trinajstić information content (AvgIpc) is 2.26. The van der Waals surface area contributed by atoms with E-state index in [0.717, 1.165) is 29.7 Å². The van der Waals surface area contributed by atoms with Crippen molar-refractivity contribution in [2.24, 2.45) is 0 Å². The van der Waals surface area contributed by atoms with Crippen LogP contribution in [0.25, 0.3) is 11.0 Å². The summed E-state index contributed by atoms with van der Waals surface area (Å²) in [6.45, 7) is 0.938. The van der Waals surface area contributed by atoms with Gasteiger partial charge in [0.05, 0.1) is 16.7 Å². The second-order valence-electron chi connectivity index (χ2n) is 3.20. The maximum absolute atomic E-state index is 4.51. The smallest absolute Gasteiger partial charge is 0.0890 e. The highest BCUT2D eigenvalue weighted by molar-refractivity contribution is 5.73. The lowest BCUT2D eigenvalue weighted by Crippen LogP contribution is -2.11. The second-order valence-corrected chi connectivity index (χ2v) is 3.20. The van der Waals surface area contributed by atoms with E-state index in [-0.39, 0.29) is 0 Å². The summed E-state index contributed by atoms with van der Waals surface area (Å²) in [7, 11) is 1.94. The SMILES string of the molecule is CNCCc1cnc2ccccc2n1. The van der Waals surface area contributed by atoms with E-state index < -0.39 is 0 Å². The summed E-state index contributed by atoms with van der Waals surface area (Å²) >= 11 is 0. The lowest BCUT2D eigenvalue weighted by Gasteiger charge is -2.01. The number of benzene rings is 1. The van der Waals surface area contributed by atoms with Crippen LogP contribution in [0.2, 0.25) is 0 Å². The van der Waals surface area contributed by atoms with E-state index in [0.29, 0.717) is 0 Å². The van der Waals surface area contributed by atoms with Crippen LogP contribution in [-0.2, 0) is 6.42 Å². The third kappa shape index (κ3) is 1.88. The summed E-state index contributed by atoms with van der Waals surface area (Å²) in [5.74, 6) is 0. The first-order valence-electron chi connectivity index (χ1n) is 4.75. The minimum Gasteiger partial charge on any atom is -0.319 e. The average molecular weight is 187 g/mol. The fraction of sp³-hybridized carbons (Fsp3) is 0.273. The van der Waals surface area contributed by atoms with Gasteiger partial charge in [-0.05, 0) is 19.2 Å². The van der Waals surface area contributed by atoms with Gasteiger partial charge in [-0.25, -0.2) is 4.98 Å². The Morgan fingerprint density at radius 3 is 2.79 bits per heavy atom. The number of fused-ring (bicyclic) bond motifs is 1. The molecule has 0 atom stereocenters. The van der Waals surface area contributed by atoms with Crippen LogP contribution in [0.5, 0.6) is 0 Å². The lowest BCUT2D eigenvalue weighted by atomic mass is 10.2. The zero-order valence-corrected chi connectivity index (χ0v) is 8.20. The molecule has 0 saturated carbocycles. The van der Waals surface area contributed by atoms with Crippen LogP contribution in [0, 0.1) is 0 Å². The van der Waals surface area contributed by atoms with Gasteiger partial charge in [0.2, 0.25) is 0 Å². The predicted octanol–water partition coefficient (Wildman–Crippen LogP) is 1.39. The summed E-state index contributed by atoms with van der Waals surface area (Å²) in [6, 6.07) is 7.93. The van der Waals surface area contributed by atoms with Crippen molar-refractivity contribution in [1.82, 2.24) is 15.3 Å². The fourth-order valence-corrected chi connectivity index (χ4v) is 1.37. The van der Waals surface area contributed by atoms with E-state index in [1.807, 2.05) is 37.5 Å². The van der Waals surface area contributed by atoms with Crippen LogP contribution in [0.3, 0.4) is 0 Å². The molecule has 0 amide bonds. The molecule has 14 heavy (non-hydrogen) atoms. The van der Waals surface area contributed by atoms with Crippen molar-refractivity contribution in [1.29, 1.82) is 0 Å². The Labute approximate surface area is 83.2 Å². The van der Waals surface area contributed by atoms with Gasteiger partial charge >= 0.3 is 0 Å². The molecule has 0 bridgehead atoms. The molecular formula is C11H13N3. The number of para-hydroxylation sites is 2. The number of likely N-dealkylation sites (N-methyl/N-ethyl adjacent to an activating group) is 1. The molecule has 1 heterocycles. The fourth-order valence-electron chi connectivity index (χ4n) is 1.37. The molecule has 0 aliphatic heterocycles. The third-order valence-corrected chi connectivity index (χ3v) is 2.13. The number of nitrogens with zero attached hydrogens (tertiary/aromatic N) is 2. The minimum absolute atomic E-state index is 0.925. The van der Waals surface area contributed by atoms with Gasteiger partial charge in [-0.1, -0.05) is 12.1 Å². The highest BCUT2D eigenvalue weighted by Gasteiger charge is 1.97. The van der Waals surface area contributed by atoms with Crippen LogP contribution in [-0.4, -0.2) is 23.6 Å². The molecule has 2 rings (SSSR count). The number of rotatable bonds is 3. The van der Waals surface area contributed by atoms with Crippen molar-refractivity contribution in [3.05, 3.63) is 36.2 Å². The molecular weight excluding hydrogens is 174 g/mol. The van der Waals surface area contributed by atoms with E-state index in [9.17, 15) is 0 Å². The number of hydrogen-bond acceptors (Lipinski definition) is 3. The van der Waals surface area contributed by atoms with Crippen molar-refractivity contribution in [2.75, 3.05) is 13.6 Å². The zero-order chi connectivity index (χ0) is 9.80. The van der Waals surface area contributed by atoms with Crippen LogP contribution in [0.1, 0.15) is 5.69 Å². The van der Waals surface area contributed by atoms with Gasteiger partial charge in [-0.2, -0.15) is 0 Å². The van der Waals surface area contributed by atoms with E-state index in [2.05, 4.69) is 15.3 Å². The quantitative estimate of drug-likeness (QED) is 0.789. The lowest BCUT2D eigenvalue weighted by molar-refractivity contribution is 0.776. The van der Waals surface area contributed by atoms with Crippen LogP contribution in [0.4, 0.5) is 0 Å². The van der Waals surface area contributed by atoms with Gasteiger partial charge in [0.25, 0.3) is 0 Å². The Kier molecular flexibility index (Phi) is 2.70. The second kappa shape index (κ2) is 4.15. The summed E-state index contributed by atoms with van der Waals surface area (Å²) in [5.41, 5.74) is 2.97. The molecule has 0 saturated heterocycles. The molecule has 0 aliphatic rings. The van der Waals surface area contributed by atoms with E-state index >= 15 is 0 Å². The molecule has 0 spiro atoms. The normalized spacial score (nSPS) is 10.6. The minimum atomic E-state index is 0.925. The first kappa shape index (κ1) is 9.09. The maximum Gasteiger partial charge on any atom is 0.0890 e. The Morgan fingerprint density at radius 2 is 2.00 bits per heavy atom. The van der Waals surface area contributed by atoms with Gasteiger partial charge in [0.1, 0.15) is 0 Å². The van der Waals surface area contributed by atoms with Crippen molar-refractivity contribution >= 4 is 11.0 Å². The van der Waals surface area contributed by atoms with Crippen LogP contribution in [0.15, 0.2) is 30.5 Å². The van der Waals surface area contributed by atoms with Crippen molar-refractivity contribution in [3.63, 3.8) is 0 Å². The largest absolute Gasteiger partial charge is 0.319 e. The predicted molar refractivity (Wildman–Crippen MR) is 57.2 cm³/mol. The molecule has 1 aromatic heterocycles. The van der Waals surface area contributed by atoms with Gasteiger partial charge < -0.3 is 5.32 Å². The number of aromatic nitrogens is 2. The number of hydrogen-bond donors (Lipinski definition) is 1. The first-order valence-corrected chi connectivity index (χ1v) is 4.75. The molecule has 2 aromatic rings. The molecule has 0 radical (unpaired) electrons. The highest BCUT2D eigenvalue weighted by Crippen LogP contribution is 2.08. The van der Waals surface area contributed by atoms with E-state index in [4.69, 9.17) is 0 Å². The van der Waals surface area contributed by atoms with Crippen LogP contribution >= 0.6 is 0 Å². The van der Waals surface area contributed by atoms with Gasteiger partial charge in [0, 0.05) is 19.2 Å². The highest BCUT2D eigenvalue weighted by atomic mass is 14.8. The Hall–Kier alpha value is -1.48. The zero-order valence-electron chi connectivity index (χ0n) is 8.20. The molecule has 72 valence electrons. The summed E-state index contributed by atoms with van der Waals surface area (Å²) < 4.78 is 0. The molecule has 1 N–H and O–H groups in total. The molecule has 0 unspecified atom stereocenters. The van der Waals surface area contributed by atoms with Gasteiger partial charge in [-0.15, -0.1) is 0 Å². The van der Waals surface area contributed by atoms with E-state index in [1.54, 1.807) is 0 Å². The molecule has 1 aromatic carbocycles. The standard InChI is InChI=1S/C11H13N3/c1-12-7-6-9-8-13-10-4-2-3-5-11(10)14-9/h2-5,8,12H,6-7H2,1H3. The Balaban J connectivity index is 2.32. The van der Waals surface area contributed by atoms with Crippen molar-refractivity contribution < 1.29 is 0 Å². The third-order valence-electron chi connectivity index (χ3n) is 2.13. The molecule has 0 aliphatic carbocycles. The summed E-state index contributed by atoms with van der Waals surface area (Å²) in [6.07, 6.45) is 2.77.